The largest absolute Gasteiger partial charge is 0.456 e. The van der Waals surface area contributed by atoms with Crippen LogP contribution in [0.1, 0.15) is 0 Å². The lowest BCUT2D eigenvalue weighted by Gasteiger charge is -2.25. The number of rotatable bonds is 4. The summed E-state index contributed by atoms with van der Waals surface area (Å²) >= 11 is 0. The molecule has 5 nitrogen and oxygen atoms in total. The molecule has 0 atom stereocenters. The lowest BCUT2D eigenvalue weighted by molar-refractivity contribution is 0.623. The maximum Gasteiger partial charge on any atom is 0.228 e. The molecule has 0 unspecified atom stereocenters. The van der Waals surface area contributed by atoms with Gasteiger partial charge in [0.05, 0.1) is 11.4 Å². The molecule has 234 valence electrons. The van der Waals surface area contributed by atoms with E-state index in [2.05, 4.69) is 126 Å². The lowest BCUT2D eigenvalue weighted by atomic mass is 10.0. The zero-order valence-corrected chi connectivity index (χ0v) is 26.6. The third-order valence-corrected chi connectivity index (χ3v) is 9.87. The maximum absolute atomic E-state index is 6.79. The topological polar surface area (TPSA) is 55.6 Å². The SMILES string of the molecule is c1ccc(N(c2ccc3c(c2)oc2cccc(-c4nc5ccc6ccccc6c5o4)c23)c2cccc3c2oc2c4ccccc4ccc32)cc1. The van der Waals surface area contributed by atoms with Crippen LogP contribution >= 0.6 is 0 Å². The molecule has 0 bridgehead atoms. The van der Waals surface area contributed by atoms with Gasteiger partial charge in [-0.1, -0.05) is 97.1 Å². The van der Waals surface area contributed by atoms with Gasteiger partial charge >= 0.3 is 0 Å². The van der Waals surface area contributed by atoms with Crippen LogP contribution in [-0.2, 0) is 0 Å². The molecule has 3 heterocycles. The van der Waals surface area contributed by atoms with Gasteiger partial charge in [0.15, 0.2) is 11.2 Å². The quantitative estimate of drug-likeness (QED) is 0.191. The van der Waals surface area contributed by atoms with Gasteiger partial charge in [0.1, 0.15) is 22.3 Å². The standard InChI is InChI=1S/C45H26N2O3/c1-2-12-29(13-3-1)47(38-18-8-16-33-34-23-20-27-10-4-6-14-31(27)42(34)49-44(33)38)30-22-24-35-40(26-30)48-39-19-9-17-36(41(35)39)45-46-37-25-21-28-11-5-7-15-32(28)43(37)50-45/h1-26H. The number of oxazole rings is 1. The monoisotopic (exact) mass is 642 g/mol. The number of benzene rings is 8. The van der Waals surface area contributed by atoms with Gasteiger partial charge in [0, 0.05) is 49.6 Å². The summed E-state index contributed by atoms with van der Waals surface area (Å²) in [7, 11) is 0. The van der Waals surface area contributed by atoms with Crippen LogP contribution in [0.5, 0.6) is 0 Å². The first-order valence-corrected chi connectivity index (χ1v) is 16.7. The Morgan fingerprint density at radius 2 is 1.12 bits per heavy atom. The molecule has 0 amide bonds. The number of fused-ring (bicyclic) bond motifs is 11. The van der Waals surface area contributed by atoms with Gasteiger partial charge in [0.2, 0.25) is 5.89 Å². The Bertz CT molecular complexity index is 3110. The van der Waals surface area contributed by atoms with E-state index >= 15 is 0 Å². The van der Waals surface area contributed by atoms with Crippen LogP contribution in [0.15, 0.2) is 171 Å². The van der Waals surface area contributed by atoms with Crippen molar-refractivity contribution in [2.24, 2.45) is 0 Å². The molecule has 8 aromatic carbocycles. The molecule has 50 heavy (non-hydrogen) atoms. The van der Waals surface area contributed by atoms with Gasteiger partial charge in [0.25, 0.3) is 0 Å². The summed E-state index contributed by atoms with van der Waals surface area (Å²) in [4.78, 5) is 7.18. The van der Waals surface area contributed by atoms with Crippen molar-refractivity contribution in [3.05, 3.63) is 158 Å². The summed E-state index contributed by atoms with van der Waals surface area (Å²) in [6.45, 7) is 0. The van der Waals surface area contributed by atoms with Crippen LogP contribution in [0.2, 0.25) is 0 Å². The van der Waals surface area contributed by atoms with Crippen LogP contribution in [0.25, 0.3) is 88.0 Å². The van der Waals surface area contributed by atoms with Crippen LogP contribution in [0.3, 0.4) is 0 Å². The summed E-state index contributed by atoms with van der Waals surface area (Å²) in [5.41, 5.74) is 8.71. The highest BCUT2D eigenvalue weighted by Gasteiger charge is 2.22. The molecule has 0 saturated heterocycles. The fourth-order valence-electron chi connectivity index (χ4n) is 7.59. The molecule has 0 N–H and O–H groups in total. The van der Waals surface area contributed by atoms with Gasteiger partial charge in [-0.15, -0.1) is 0 Å². The van der Waals surface area contributed by atoms with Crippen molar-refractivity contribution in [3.63, 3.8) is 0 Å². The number of aromatic nitrogens is 1. The van der Waals surface area contributed by atoms with Gasteiger partial charge in [-0.05, 0) is 65.4 Å². The molecule has 3 aromatic heterocycles. The molecule has 0 aliphatic rings. The van der Waals surface area contributed by atoms with Crippen molar-refractivity contribution in [3.8, 4) is 11.5 Å². The molecule has 11 rings (SSSR count). The normalized spacial score (nSPS) is 12.0. The minimum absolute atomic E-state index is 0.573. The zero-order chi connectivity index (χ0) is 32.8. The Kier molecular flexibility index (Phi) is 5.60. The molecule has 0 spiro atoms. The summed E-state index contributed by atoms with van der Waals surface area (Å²) in [6.07, 6.45) is 0. The average molecular weight is 643 g/mol. The molecular formula is C45H26N2O3. The Hall–Kier alpha value is -6.85. The van der Waals surface area contributed by atoms with Crippen molar-refractivity contribution in [2.45, 2.75) is 0 Å². The van der Waals surface area contributed by atoms with E-state index in [1.165, 1.54) is 0 Å². The number of para-hydroxylation sites is 2. The zero-order valence-electron chi connectivity index (χ0n) is 26.6. The fraction of sp³-hybridized carbons (Fsp3) is 0. The smallest absolute Gasteiger partial charge is 0.228 e. The van der Waals surface area contributed by atoms with E-state index < -0.39 is 0 Å². The first-order valence-electron chi connectivity index (χ1n) is 16.7. The highest BCUT2D eigenvalue weighted by atomic mass is 16.4. The van der Waals surface area contributed by atoms with E-state index in [1.807, 2.05) is 36.4 Å². The summed E-state index contributed by atoms with van der Waals surface area (Å²) in [5.74, 6) is 0.573. The third-order valence-electron chi connectivity index (χ3n) is 9.87. The lowest BCUT2D eigenvalue weighted by Crippen LogP contribution is -2.09. The van der Waals surface area contributed by atoms with E-state index in [4.69, 9.17) is 18.2 Å². The van der Waals surface area contributed by atoms with Gasteiger partial charge in [-0.3, -0.25) is 0 Å². The van der Waals surface area contributed by atoms with E-state index in [0.717, 1.165) is 99.1 Å². The van der Waals surface area contributed by atoms with Gasteiger partial charge < -0.3 is 18.2 Å². The minimum atomic E-state index is 0.573. The van der Waals surface area contributed by atoms with E-state index in [-0.39, 0.29) is 0 Å². The predicted molar refractivity (Wildman–Crippen MR) is 204 cm³/mol. The van der Waals surface area contributed by atoms with E-state index in [1.54, 1.807) is 0 Å². The Morgan fingerprint density at radius 3 is 1.98 bits per heavy atom. The molecule has 0 saturated carbocycles. The molecule has 0 aliphatic heterocycles. The molecule has 0 radical (unpaired) electrons. The number of furan rings is 2. The van der Waals surface area contributed by atoms with E-state index in [9.17, 15) is 0 Å². The highest BCUT2D eigenvalue weighted by Crippen LogP contribution is 2.45. The first kappa shape index (κ1) is 27.1. The molecular weight excluding hydrogens is 617 g/mol. The Labute approximate surface area is 285 Å². The van der Waals surface area contributed by atoms with Gasteiger partial charge in [-0.2, -0.15) is 0 Å². The summed E-state index contributed by atoms with van der Waals surface area (Å²) < 4.78 is 19.9. The maximum atomic E-state index is 6.79. The second kappa shape index (κ2) is 10.3. The van der Waals surface area contributed by atoms with Crippen molar-refractivity contribution in [1.29, 1.82) is 0 Å². The highest BCUT2D eigenvalue weighted by molar-refractivity contribution is 6.18. The van der Waals surface area contributed by atoms with Crippen LogP contribution in [-0.4, -0.2) is 4.98 Å². The number of anilines is 3. The molecule has 0 aliphatic carbocycles. The number of hydrogen-bond acceptors (Lipinski definition) is 5. The van der Waals surface area contributed by atoms with Crippen molar-refractivity contribution < 1.29 is 13.3 Å². The van der Waals surface area contributed by atoms with E-state index in [0.29, 0.717) is 5.89 Å². The van der Waals surface area contributed by atoms with Gasteiger partial charge in [-0.25, -0.2) is 4.98 Å². The Balaban J connectivity index is 1.11. The Morgan fingerprint density at radius 1 is 0.420 bits per heavy atom. The number of hydrogen-bond donors (Lipinski definition) is 0. The van der Waals surface area contributed by atoms with Crippen LogP contribution in [0, 0.1) is 0 Å². The first-order chi connectivity index (χ1) is 24.8. The fourth-order valence-corrected chi connectivity index (χ4v) is 7.59. The predicted octanol–water partition coefficient (Wildman–Crippen LogP) is 13.1. The van der Waals surface area contributed by atoms with Crippen LogP contribution in [0.4, 0.5) is 17.1 Å². The number of nitrogens with zero attached hydrogens (tertiary/aromatic N) is 2. The minimum Gasteiger partial charge on any atom is -0.456 e. The molecule has 11 aromatic rings. The van der Waals surface area contributed by atoms with Crippen molar-refractivity contribution >= 4 is 93.6 Å². The molecule has 0 fully saturated rings. The summed E-state index contributed by atoms with van der Waals surface area (Å²) in [5, 5.41) is 8.57. The second-order valence-corrected chi connectivity index (χ2v) is 12.7. The molecule has 5 heteroatoms. The third kappa shape index (κ3) is 3.92. The van der Waals surface area contributed by atoms with Crippen LogP contribution < -0.4 is 4.90 Å². The van der Waals surface area contributed by atoms with Crippen molar-refractivity contribution in [2.75, 3.05) is 4.90 Å². The average Bonchev–Trinajstić information content (AvgIpc) is 3.89. The van der Waals surface area contributed by atoms with Crippen molar-refractivity contribution in [1.82, 2.24) is 4.98 Å². The second-order valence-electron chi connectivity index (χ2n) is 12.7. The summed E-state index contributed by atoms with van der Waals surface area (Å²) in [6, 6.07) is 54.3.